The lowest BCUT2D eigenvalue weighted by Crippen LogP contribution is -2.61. The zero-order valence-corrected chi connectivity index (χ0v) is 47.4. The van der Waals surface area contributed by atoms with Crippen molar-refractivity contribution in [3.05, 3.63) is 131 Å². The Morgan fingerprint density at radius 3 is 1.77 bits per heavy atom. The summed E-state index contributed by atoms with van der Waals surface area (Å²) in [7, 11) is 0. The summed E-state index contributed by atoms with van der Waals surface area (Å²) in [5.41, 5.74) is 14.1. The predicted molar refractivity (Wildman–Crippen MR) is 312 cm³/mol. The molecule has 0 bridgehead atoms. The van der Waals surface area contributed by atoms with Crippen molar-refractivity contribution in [2.75, 3.05) is 26.2 Å². The average Bonchev–Trinajstić information content (AvgIpc) is 4.15. The Hall–Kier alpha value is -9.06. The van der Waals surface area contributed by atoms with Crippen molar-refractivity contribution < 1.29 is 58.1 Å². The molecule has 1 aliphatic heterocycles. The molecule has 0 unspecified atom stereocenters. The fourth-order valence-electron chi connectivity index (χ4n) is 9.87. The molecule has 6 rings (SSSR count). The number of halogens is 1. The molecule has 5 aromatic rings. The third-order valence-electron chi connectivity index (χ3n) is 14.2. The lowest BCUT2D eigenvalue weighted by atomic mass is 9.99. The van der Waals surface area contributed by atoms with Gasteiger partial charge in [-0.05, 0) is 116 Å². The molecule has 15 N–H and O–H groups in total. The molecular weight excluding hydrogens is 1080 g/mol. The van der Waals surface area contributed by atoms with Crippen molar-refractivity contribution in [1.82, 2.24) is 47.1 Å². The number of rotatable bonds is 30. The summed E-state index contributed by atoms with van der Waals surface area (Å²) < 4.78 is 13.6. The van der Waals surface area contributed by atoms with Crippen LogP contribution in [0.1, 0.15) is 81.5 Å². The first-order valence-electron chi connectivity index (χ1n) is 28.1. The zero-order valence-electron chi connectivity index (χ0n) is 47.4. The molecule has 1 aliphatic rings. The number of nitrogens with two attached hydrogens (primary N) is 2. The van der Waals surface area contributed by atoms with Crippen LogP contribution in [0.3, 0.4) is 0 Å². The van der Waals surface area contributed by atoms with Crippen molar-refractivity contribution in [2.24, 2.45) is 22.4 Å². The smallest absolute Gasteiger partial charge is 0.245 e. The van der Waals surface area contributed by atoms with Crippen LogP contribution >= 0.6 is 0 Å². The van der Waals surface area contributed by atoms with E-state index in [2.05, 4.69) is 47.2 Å². The number of H-pyrrole nitrogens is 1. The second kappa shape index (κ2) is 31.4. The van der Waals surface area contributed by atoms with Crippen LogP contribution in [0.15, 0.2) is 108 Å². The van der Waals surface area contributed by atoms with Crippen molar-refractivity contribution >= 4 is 64.1 Å². The molecule has 0 spiro atoms. The summed E-state index contributed by atoms with van der Waals surface area (Å²) in [6.45, 7) is 5.17. The Balaban J connectivity index is 1.24. The Labute approximate surface area is 486 Å². The molecule has 1 saturated heterocycles. The summed E-state index contributed by atoms with van der Waals surface area (Å²) >= 11 is 0. The number of nitrogens with zero attached hydrogens (tertiary/aromatic N) is 2. The maximum atomic E-state index is 14.8. The summed E-state index contributed by atoms with van der Waals surface area (Å²) in [6, 6.07) is 15.2. The molecule has 7 atom stereocenters. The fourth-order valence-corrected chi connectivity index (χ4v) is 9.87. The van der Waals surface area contributed by atoms with Gasteiger partial charge in [0.2, 0.25) is 47.3 Å². The Morgan fingerprint density at radius 1 is 0.679 bits per heavy atom. The van der Waals surface area contributed by atoms with Crippen LogP contribution < -0.4 is 48.7 Å². The number of carbonyl (C=O) groups excluding carboxylic acids is 8. The van der Waals surface area contributed by atoms with E-state index >= 15 is 0 Å². The van der Waals surface area contributed by atoms with Gasteiger partial charge in [-0.25, -0.2) is 4.39 Å². The number of aliphatic imine (C=N–C) groups is 1. The summed E-state index contributed by atoms with van der Waals surface area (Å²) in [4.78, 5) is 122. The van der Waals surface area contributed by atoms with E-state index in [0.29, 0.717) is 41.6 Å². The van der Waals surface area contributed by atoms with Gasteiger partial charge >= 0.3 is 0 Å². The molecule has 4 aromatic carbocycles. The largest absolute Gasteiger partial charge is 0.508 e. The van der Waals surface area contributed by atoms with E-state index in [1.165, 1.54) is 65.6 Å². The first-order valence-corrected chi connectivity index (χ1v) is 28.1. The molecule has 2 heterocycles. The number of fused-ring (bicyclic) bond motifs is 1. The average molecular weight is 1160 g/mol. The minimum atomic E-state index is -1.70. The third-order valence-corrected chi connectivity index (χ3v) is 14.2. The predicted octanol–water partition coefficient (Wildman–Crippen LogP) is 1.51. The second-order valence-electron chi connectivity index (χ2n) is 21.2. The van der Waals surface area contributed by atoms with Gasteiger partial charge in [0, 0.05) is 62.4 Å². The van der Waals surface area contributed by atoms with E-state index in [9.17, 15) is 58.1 Å². The highest BCUT2D eigenvalue weighted by Gasteiger charge is 2.39. The maximum absolute atomic E-state index is 14.8. The number of aliphatic hydroxyl groups excluding tert-OH is 1. The minimum Gasteiger partial charge on any atom is -0.508 e. The lowest BCUT2D eigenvalue weighted by Gasteiger charge is -2.30. The van der Waals surface area contributed by atoms with Crippen LogP contribution in [0.4, 0.5) is 4.39 Å². The molecule has 0 radical (unpaired) electrons. The molecule has 1 aromatic heterocycles. The molecule has 24 heteroatoms. The van der Waals surface area contributed by atoms with Gasteiger partial charge in [-0.3, -0.25) is 43.3 Å². The van der Waals surface area contributed by atoms with Crippen LogP contribution in [0, 0.1) is 11.7 Å². The van der Waals surface area contributed by atoms with Crippen LogP contribution in [0.25, 0.3) is 10.9 Å². The fraction of sp³-hybridized carbons (Fsp3) is 0.417. The number of amides is 8. The zero-order chi connectivity index (χ0) is 60.9. The minimum absolute atomic E-state index is 0.0500. The van der Waals surface area contributed by atoms with Crippen LogP contribution in [-0.2, 0) is 64.0 Å². The van der Waals surface area contributed by atoms with Gasteiger partial charge in [0.05, 0.1) is 6.61 Å². The van der Waals surface area contributed by atoms with Crippen molar-refractivity contribution in [3.8, 4) is 11.5 Å². The first kappa shape index (κ1) is 64.1. The van der Waals surface area contributed by atoms with Gasteiger partial charge in [-0.2, -0.15) is 0 Å². The second-order valence-corrected chi connectivity index (χ2v) is 21.2. The number of aromatic amines is 1. The van der Waals surface area contributed by atoms with Gasteiger partial charge in [-0.15, -0.1) is 0 Å². The van der Waals surface area contributed by atoms with Gasteiger partial charge in [0.1, 0.15) is 59.6 Å². The van der Waals surface area contributed by atoms with E-state index < -0.39 is 96.1 Å². The maximum Gasteiger partial charge on any atom is 0.245 e. The number of phenolic OH excluding ortho intramolecular Hbond substituents is 2. The van der Waals surface area contributed by atoms with Crippen molar-refractivity contribution in [2.45, 2.75) is 127 Å². The molecular formula is C60H77FN12O11. The van der Waals surface area contributed by atoms with Gasteiger partial charge < -0.3 is 73.9 Å². The number of hydrogen-bond acceptors (Lipinski definition) is 12. The number of aromatic hydroxyl groups is 2. The van der Waals surface area contributed by atoms with Gasteiger partial charge in [0.15, 0.2) is 5.96 Å². The lowest BCUT2D eigenvalue weighted by molar-refractivity contribution is -0.142. The van der Waals surface area contributed by atoms with Crippen LogP contribution in [-0.4, -0.2) is 147 Å². The van der Waals surface area contributed by atoms with Crippen LogP contribution in [0.5, 0.6) is 11.5 Å². The number of aryl methyl sites for hydroxylation is 1. The number of likely N-dealkylation sites (tertiary alicyclic amines) is 1. The SMILES string of the molecule is CCNC(=O)[C@H]1CCCN1C(=O)[C@H](CCCN=C(N)N)NC(=O)[C@H](CC(C)C)NC(=O)[C@@H](Cc1ccc(O)cc1)NC(=O)[C@@H](Cc1ccc(O)cc1)NC(=O)[C@H](CO)NC(=O)[C@H](Cc1c[nH]c2ccccc12)NC(=O)CCc1ccc(F)cc1. The van der Waals surface area contributed by atoms with Gasteiger partial charge in [-0.1, -0.05) is 68.4 Å². The van der Waals surface area contributed by atoms with Crippen molar-refractivity contribution in [1.29, 1.82) is 0 Å². The number of nitrogens with one attached hydrogen (secondary N) is 8. The number of guanidine groups is 1. The Morgan fingerprint density at radius 2 is 1.20 bits per heavy atom. The molecule has 23 nitrogen and oxygen atoms in total. The summed E-state index contributed by atoms with van der Waals surface area (Å²) in [6.07, 6.45) is 2.68. The molecule has 1 fully saturated rings. The molecule has 84 heavy (non-hydrogen) atoms. The van der Waals surface area contributed by atoms with E-state index in [1.807, 2.05) is 38.1 Å². The Kier molecular flexibility index (Phi) is 24.0. The third kappa shape index (κ3) is 19.3. The standard InChI is InChI=1S/C60H77FN12O11/c1-4-64-58(83)51-12-8-28-73(51)59(84)45(11-7-27-65-60(62)63)68-53(78)46(29-35(2)3)69-54(79)47(30-37-15-22-41(75)23-16-37)70-55(80)48(31-38-17-24-42(76)25-18-38)71-57(82)50(34-74)72-56(81)49(32-39-33-66-44-10-6-5-9-43(39)44)67-52(77)26-19-36-13-20-40(61)21-14-36/h5-6,9-10,13-18,20-25,33,35,45-51,66,74-76H,4,7-8,11-12,19,26-32,34H2,1-3H3,(H,64,83)(H,67,77)(H,68,78)(H,69,79)(H,70,80)(H,71,82)(H,72,81)(H4,62,63,65)/t45-,46-,47+,48+,49-,50-,51+/m0/s1. The topological polar surface area (TPSA) is 365 Å². The number of aliphatic hydroxyl groups is 1. The van der Waals surface area contributed by atoms with E-state index in [1.54, 1.807) is 25.3 Å². The van der Waals surface area contributed by atoms with Crippen LogP contribution in [0.2, 0.25) is 0 Å². The molecule has 8 amide bonds. The van der Waals surface area contributed by atoms with E-state index in [0.717, 1.165) is 10.9 Å². The molecule has 0 saturated carbocycles. The number of likely N-dealkylation sites (N-methyl/N-ethyl adjacent to an activating group) is 1. The molecule has 450 valence electrons. The van der Waals surface area contributed by atoms with Gasteiger partial charge in [0.25, 0.3) is 0 Å². The highest BCUT2D eigenvalue weighted by molar-refractivity contribution is 5.98. The number of benzene rings is 4. The van der Waals surface area contributed by atoms with E-state index in [4.69, 9.17) is 11.5 Å². The normalized spacial score (nSPS) is 15.1. The monoisotopic (exact) mass is 1160 g/mol. The summed E-state index contributed by atoms with van der Waals surface area (Å²) in [5, 5.41) is 50.7. The number of phenols is 2. The Bertz CT molecular complexity index is 3080. The highest BCUT2D eigenvalue weighted by atomic mass is 19.1. The number of para-hydroxylation sites is 1. The number of hydrogen-bond donors (Lipinski definition) is 13. The number of aromatic nitrogens is 1. The van der Waals surface area contributed by atoms with E-state index in [-0.39, 0.29) is 93.7 Å². The summed E-state index contributed by atoms with van der Waals surface area (Å²) in [5.74, 6) is -6.74. The quantitative estimate of drug-likeness (QED) is 0.0176. The number of carbonyl (C=O) groups is 8. The highest BCUT2D eigenvalue weighted by Crippen LogP contribution is 2.22. The first-order chi connectivity index (χ1) is 40.2. The molecule has 0 aliphatic carbocycles. The van der Waals surface area contributed by atoms with Crippen molar-refractivity contribution in [3.63, 3.8) is 0 Å².